The number of carbonyl (C=O) groups is 3. The molecular formula is C104H98F14N24O4. The number of nitrogens with zero attached hydrogens (tertiary/aromatic N) is 24. The van der Waals surface area contributed by atoms with Gasteiger partial charge in [0.05, 0.1) is 57.3 Å². The van der Waals surface area contributed by atoms with Crippen LogP contribution in [0.2, 0.25) is 0 Å². The number of alkyl halides is 14. The van der Waals surface area contributed by atoms with Crippen LogP contribution in [0.15, 0.2) is 231 Å². The van der Waals surface area contributed by atoms with Crippen LogP contribution in [0.3, 0.4) is 0 Å². The molecule has 0 N–H and O–H groups in total. The van der Waals surface area contributed by atoms with E-state index < -0.39 is 59.6 Å². The summed E-state index contributed by atoms with van der Waals surface area (Å²) in [6.07, 6.45) is -4.71. The fraction of sp³-hybridized carbons (Fsp3) is 0.260. The highest BCUT2D eigenvalue weighted by Gasteiger charge is 2.40. The van der Waals surface area contributed by atoms with Crippen LogP contribution in [0.5, 0.6) is 0 Å². The van der Waals surface area contributed by atoms with Gasteiger partial charge < -0.3 is 18.3 Å². The number of halogens is 14. The van der Waals surface area contributed by atoms with Gasteiger partial charge in [-0.3, -0.25) is 53.2 Å². The molecule has 756 valence electrons. The normalized spacial score (nSPS) is 12.7. The van der Waals surface area contributed by atoms with Crippen LogP contribution in [0.4, 0.5) is 78.9 Å². The highest BCUT2D eigenvalue weighted by Crippen LogP contribution is 2.41. The predicted octanol–water partition coefficient (Wildman–Crippen LogP) is 21.9. The second-order valence-electron chi connectivity index (χ2n) is 33.9. The Morgan fingerprint density at radius 3 is 1.03 bits per heavy atom. The van der Waals surface area contributed by atoms with Crippen molar-refractivity contribution < 1.29 is 75.8 Å². The minimum absolute atomic E-state index is 0. The lowest BCUT2D eigenvalue weighted by molar-refractivity contribution is -0.141. The molecule has 15 heterocycles. The summed E-state index contributed by atoms with van der Waals surface area (Å²) < 4.78 is 191. The molecule has 3 aliphatic rings. The van der Waals surface area contributed by atoms with Gasteiger partial charge in [-0.05, 0) is 83.5 Å². The van der Waals surface area contributed by atoms with Gasteiger partial charge in [-0.25, -0.2) is 73.4 Å². The van der Waals surface area contributed by atoms with Crippen molar-refractivity contribution in [1.29, 1.82) is 0 Å². The highest BCUT2D eigenvalue weighted by molar-refractivity contribution is 6.02. The Labute approximate surface area is 828 Å². The molecule has 0 bridgehead atoms. The lowest BCUT2D eigenvalue weighted by Crippen LogP contribution is -2.26. The summed E-state index contributed by atoms with van der Waals surface area (Å²) in [6, 6.07) is 45.8. The number of aryl methyl sites for hydroxylation is 7. The molecule has 0 aliphatic carbocycles. The lowest BCUT2D eigenvalue weighted by Gasteiger charge is -2.18. The van der Waals surface area contributed by atoms with Gasteiger partial charge in [0.2, 0.25) is 17.7 Å². The van der Waals surface area contributed by atoms with Crippen LogP contribution in [0.1, 0.15) is 147 Å². The van der Waals surface area contributed by atoms with E-state index in [9.17, 15) is 80.6 Å². The van der Waals surface area contributed by atoms with Crippen LogP contribution in [-0.2, 0) is 126 Å². The Bertz CT molecular complexity index is 7500. The minimum atomic E-state index is -4.55. The van der Waals surface area contributed by atoms with Crippen LogP contribution in [0.25, 0.3) is 102 Å². The number of pyridine rings is 3. The largest absolute Gasteiger partial charge is 0.434 e. The van der Waals surface area contributed by atoms with Crippen LogP contribution >= 0.6 is 0 Å². The first-order valence-corrected chi connectivity index (χ1v) is 44.0. The van der Waals surface area contributed by atoms with E-state index in [1.165, 1.54) is 80.5 Å². The second kappa shape index (κ2) is 42.9. The quantitative estimate of drug-likeness (QED) is 0.0679. The monoisotopic (exact) mass is 2010 g/mol. The molecule has 17 aromatic rings. The first-order chi connectivity index (χ1) is 67.6. The Morgan fingerprint density at radius 2 is 0.678 bits per heavy atom. The number of amides is 3. The van der Waals surface area contributed by atoms with E-state index in [1.807, 2.05) is 50.2 Å². The molecule has 5 aromatic carbocycles. The Hall–Kier alpha value is -16.6. The van der Waals surface area contributed by atoms with Crippen LogP contribution < -0.4 is 20.4 Å². The molecular weight excluding hydrogens is 1920 g/mol. The maximum atomic E-state index is 13.4. The molecule has 0 atom stereocenters. The molecule has 0 fully saturated rings. The third-order valence-corrected chi connectivity index (χ3v) is 23.8. The van der Waals surface area contributed by atoms with Gasteiger partial charge in [-0.2, -0.15) is 52.7 Å². The zero-order chi connectivity index (χ0) is 101. The molecule has 0 saturated heterocycles. The van der Waals surface area contributed by atoms with Gasteiger partial charge in [0.15, 0.2) is 51.7 Å². The molecule has 3 amide bonds. The average Bonchev–Trinajstić information content (AvgIpc) is 1.61. The Kier molecular flexibility index (Phi) is 31.4. The molecule has 0 spiro atoms. The van der Waals surface area contributed by atoms with Crippen molar-refractivity contribution in [2.75, 3.05) is 14.7 Å². The zero-order valence-corrected chi connectivity index (χ0v) is 76.8. The zero-order valence-electron chi connectivity index (χ0n) is 76.8. The molecule has 0 radical (unpaired) electrons. The topological polar surface area (TPSA) is 301 Å². The molecule has 12 aromatic heterocycles. The summed E-state index contributed by atoms with van der Waals surface area (Å²) in [6.45, 7) is 9.03. The van der Waals surface area contributed by atoms with Crippen molar-refractivity contribution in [2.45, 2.75) is 146 Å². The molecule has 28 nitrogen and oxygen atoms in total. The van der Waals surface area contributed by atoms with Gasteiger partial charge in [-0.1, -0.05) is 172 Å². The summed E-state index contributed by atoms with van der Waals surface area (Å²) in [5.74, 6) is 3.74. The second-order valence-corrected chi connectivity index (χ2v) is 33.9. The van der Waals surface area contributed by atoms with E-state index in [-0.39, 0.29) is 127 Å². The first-order valence-electron chi connectivity index (χ1n) is 44.0. The van der Waals surface area contributed by atoms with Crippen molar-refractivity contribution in [3.8, 4) is 91.1 Å². The van der Waals surface area contributed by atoms with Gasteiger partial charge in [0.1, 0.15) is 52.0 Å². The fourth-order valence-electron chi connectivity index (χ4n) is 16.6. The summed E-state index contributed by atoms with van der Waals surface area (Å²) >= 11 is 0. The van der Waals surface area contributed by atoms with E-state index >= 15 is 0 Å². The first kappa shape index (κ1) is 107. The molecule has 0 unspecified atom stereocenters. The summed E-state index contributed by atoms with van der Waals surface area (Å²) in [4.78, 5) is 119. The number of hydrogen-bond donors (Lipinski definition) is 0. The molecule has 3 aliphatic heterocycles. The number of rotatable bonds is 19. The van der Waals surface area contributed by atoms with Crippen molar-refractivity contribution in [3.63, 3.8) is 0 Å². The van der Waals surface area contributed by atoms with E-state index in [1.54, 1.807) is 156 Å². The molecule has 42 heteroatoms. The summed E-state index contributed by atoms with van der Waals surface area (Å²) in [5.41, 5.74) is 9.30. The Balaban J connectivity index is 0.000000161. The van der Waals surface area contributed by atoms with Crippen LogP contribution in [0, 0.1) is 6.92 Å². The van der Waals surface area contributed by atoms with Crippen molar-refractivity contribution in [2.24, 2.45) is 35.2 Å². The summed E-state index contributed by atoms with van der Waals surface area (Å²) in [5, 5.41) is 0. The van der Waals surface area contributed by atoms with Gasteiger partial charge in [-0.15, -0.1) is 0 Å². The van der Waals surface area contributed by atoms with Crippen molar-refractivity contribution >= 4 is 46.3 Å². The minimum Gasteiger partial charge on any atom is -0.333 e. The van der Waals surface area contributed by atoms with E-state index in [0.717, 1.165) is 92.7 Å². The smallest absolute Gasteiger partial charge is 0.333 e. The van der Waals surface area contributed by atoms with Gasteiger partial charge in [0, 0.05) is 164 Å². The number of imidazole rings is 5. The lowest BCUT2D eigenvalue weighted by atomic mass is 9.97. The van der Waals surface area contributed by atoms with E-state index in [2.05, 4.69) is 84.7 Å². The number of benzene rings is 5. The molecule has 146 heavy (non-hydrogen) atoms. The van der Waals surface area contributed by atoms with Gasteiger partial charge >= 0.3 is 30.4 Å². The standard InChI is InChI=1S/C27H24F3N5O.C25H21F3N6O.C24H17F5N6O.C24H20F3N7O.4CH4/c1-16(2)20-6-4-5-7-21(20)24-31-13-19-12-23(36)35(26(19)33-24)14-17-8-10-18(11-9-17)25-32-22(15-34(25)3)27(28,29)30;1-3-19-18(5-4-10-29-19)22-30-12-17-11-21(35)34(24(17)32-22)13-15-6-8-16(9-7-15)23-31-20(14-33(23)2)25(26,27)28;1-34-12-17(24(27,28)29)32-22(34)14-6-4-13(5-7-14)11-35-18(36)9-15-10-31-21(33-23(15)35)16-3-2-8-30-19(16)20(25)26;1-14-17(5-4-10-28-14)20-29-11-18-22(31-20)34(23(35)33(18)3)12-15-6-8-16(9-7-15)21-30-19(13-32(21)2)24(25,26)27;;;;/h4-11,13,15-16H,12,14H2,1-3H3;4-10,12,14H,3,11,13H2,1-2H3;2-8,10,12,20H,9,11H2,1H3;4-11,13H,12H2,1-3H3;4*1H4. The van der Waals surface area contributed by atoms with E-state index in [0.29, 0.717) is 91.9 Å². The SMILES string of the molecule is C.C.C.C.CC(C)c1ccccc1-c1ncc2c(n1)N(Cc1ccc(-c3nc(C(F)(F)F)cn3C)cc1)C(=O)C2.CCc1ncccc1-c1ncc2c(n1)N(Cc1ccc(-c3nc(C(F)(F)F)cn3C)cc1)C(=O)C2.Cc1ncccc1-c1ncc2c(n1)n(Cc1ccc(-c3nc(C(F)(F)F)cn3C)cc1)c(=O)n2C.Cn1cc(C(F)(F)F)nc1-c1ccc(CN2C(=O)Cc3cnc(-c4cccnc4C(F)F)nc32)cc1. The number of fused-ring (bicyclic) bond motifs is 4. The summed E-state index contributed by atoms with van der Waals surface area (Å²) in [7, 11) is 7.70. The number of anilines is 3. The van der Waals surface area contributed by atoms with Crippen molar-refractivity contribution in [1.82, 2.24) is 102 Å². The maximum absolute atomic E-state index is 13.4. The Morgan fingerprint density at radius 1 is 0.356 bits per heavy atom. The number of carbonyl (C=O) groups excluding carboxylic acids is 3. The third kappa shape index (κ3) is 22.4. The average molecular weight is 2010 g/mol. The highest BCUT2D eigenvalue weighted by atomic mass is 19.4. The number of aromatic nitrogens is 21. The van der Waals surface area contributed by atoms with Gasteiger partial charge in [0.25, 0.3) is 6.43 Å². The van der Waals surface area contributed by atoms with E-state index in [4.69, 9.17) is 9.97 Å². The molecule has 0 saturated carbocycles. The van der Waals surface area contributed by atoms with Crippen molar-refractivity contribution in [3.05, 3.63) is 321 Å². The maximum Gasteiger partial charge on any atom is 0.434 e. The number of hydrogen-bond acceptors (Lipinski definition) is 19. The van der Waals surface area contributed by atoms with Crippen LogP contribution in [-0.4, -0.2) is 120 Å². The predicted molar refractivity (Wildman–Crippen MR) is 522 cm³/mol. The molecule has 20 rings (SSSR count). The third-order valence-electron chi connectivity index (χ3n) is 23.8. The fourth-order valence-corrected chi connectivity index (χ4v) is 16.6.